The molecule has 3 aromatic rings. The lowest BCUT2D eigenvalue weighted by atomic mass is 10.2. The van der Waals surface area contributed by atoms with E-state index in [2.05, 4.69) is 15.4 Å². The monoisotopic (exact) mass is 315 g/mol. The zero-order valence-electron chi connectivity index (χ0n) is 12.6. The van der Waals surface area contributed by atoms with Crippen LogP contribution in [0.5, 0.6) is 11.6 Å². The van der Waals surface area contributed by atoms with Crippen molar-refractivity contribution in [3.8, 4) is 11.6 Å². The van der Waals surface area contributed by atoms with Crippen LogP contribution in [0.2, 0.25) is 0 Å². The molecular formula is C16H18FN5O. The van der Waals surface area contributed by atoms with Crippen molar-refractivity contribution in [3.05, 3.63) is 54.2 Å². The van der Waals surface area contributed by atoms with Crippen molar-refractivity contribution in [2.24, 2.45) is 5.73 Å². The highest BCUT2D eigenvalue weighted by molar-refractivity contribution is 5.63. The van der Waals surface area contributed by atoms with E-state index in [4.69, 9.17) is 10.5 Å². The van der Waals surface area contributed by atoms with Gasteiger partial charge in [0.25, 0.3) is 0 Å². The number of halogens is 1. The number of rotatable bonds is 7. The lowest BCUT2D eigenvalue weighted by molar-refractivity contribution is 0.427. The van der Waals surface area contributed by atoms with E-state index in [1.807, 2.05) is 12.3 Å². The van der Waals surface area contributed by atoms with Crippen molar-refractivity contribution in [1.82, 2.24) is 19.9 Å². The first kappa shape index (κ1) is 15.4. The Morgan fingerprint density at radius 1 is 1.26 bits per heavy atom. The molecule has 0 atom stereocenters. The van der Waals surface area contributed by atoms with E-state index >= 15 is 0 Å². The Labute approximate surface area is 133 Å². The molecule has 0 aliphatic heterocycles. The van der Waals surface area contributed by atoms with E-state index < -0.39 is 5.82 Å². The normalized spacial score (nSPS) is 11.0. The molecule has 0 fully saturated rings. The third kappa shape index (κ3) is 3.46. The van der Waals surface area contributed by atoms with E-state index in [-0.39, 0.29) is 5.75 Å². The van der Waals surface area contributed by atoms with Crippen LogP contribution in [-0.2, 0) is 6.54 Å². The van der Waals surface area contributed by atoms with Gasteiger partial charge in [-0.2, -0.15) is 10.1 Å². The summed E-state index contributed by atoms with van der Waals surface area (Å²) in [5, 5.41) is 7.46. The fraction of sp³-hybridized carbons (Fsp3) is 0.250. The smallest absolute Gasteiger partial charge is 0.247 e. The highest BCUT2D eigenvalue weighted by Gasteiger charge is 2.13. The molecule has 2 aromatic heterocycles. The second-order valence-corrected chi connectivity index (χ2v) is 5.05. The minimum absolute atomic E-state index is 0.136. The summed E-state index contributed by atoms with van der Waals surface area (Å²) in [6.07, 6.45) is 4.11. The Hall–Kier alpha value is -2.51. The van der Waals surface area contributed by atoms with Crippen molar-refractivity contribution in [1.29, 1.82) is 0 Å². The molecule has 0 radical (unpaired) electrons. The zero-order valence-corrected chi connectivity index (χ0v) is 12.6. The third-order valence-electron chi connectivity index (χ3n) is 3.42. The average Bonchev–Trinajstić information content (AvgIpc) is 2.98. The quantitative estimate of drug-likeness (QED) is 0.653. The van der Waals surface area contributed by atoms with Crippen molar-refractivity contribution < 1.29 is 9.13 Å². The number of hydrogen-bond acceptors (Lipinski definition) is 5. The molecule has 0 bridgehead atoms. The number of nitrogens with two attached hydrogens (primary N) is 1. The molecule has 0 aliphatic rings. The van der Waals surface area contributed by atoms with E-state index in [1.54, 1.807) is 22.7 Å². The van der Waals surface area contributed by atoms with Crippen molar-refractivity contribution in [2.45, 2.75) is 13.0 Å². The molecule has 3 rings (SSSR count). The second kappa shape index (κ2) is 7.17. The van der Waals surface area contributed by atoms with Crippen molar-refractivity contribution >= 4 is 5.52 Å². The Bertz CT molecular complexity index is 789. The number of ether oxygens (including phenoxy) is 1. The lowest BCUT2D eigenvalue weighted by Crippen LogP contribution is -2.17. The van der Waals surface area contributed by atoms with E-state index in [1.165, 1.54) is 12.4 Å². The van der Waals surface area contributed by atoms with Gasteiger partial charge in [-0.25, -0.2) is 8.91 Å². The molecule has 0 aliphatic carbocycles. The topological polar surface area (TPSA) is 77.5 Å². The van der Waals surface area contributed by atoms with Crippen LogP contribution in [0.4, 0.5) is 4.39 Å². The van der Waals surface area contributed by atoms with Crippen molar-refractivity contribution in [3.63, 3.8) is 0 Å². The van der Waals surface area contributed by atoms with E-state index in [0.717, 1.165) is 24.0 Å². The van der Waals surface area contributed by atoms with Gasteiger partial charge in [0.15, 0.2) is 11.6 Å². The van der Waals surface area contributed by atoms with Gasteiger partial charge in [0, 0.05) is 12.7 Å². The molecule has 6 nitrogen and oxygen atoms in total. The van der Waals surface area contributed by atoms with Crippen LogP contribution in [0, 0.1) is 5.82 Å². The first-order chi connectivity index (χ1) is 11.3. The first-order valence-corrected chi connectivity index (χ1v) is 7.44. The zero-order chi connectivity index (χ0) is 16.1. The summed E-state index contributed by atoms with van der Waals surface area (Å²) in [6, 6.07) is 8.18. The van der Waals surface area contributed by atoms with E-state index in [9.17, 15) is 4.39 Å². The summed E-state index contributed by atoms with van der Waals surface area (Å²) in [6.45, 7) is 2.11. The molecule has 0 amide bonds. The highest BCUT2D eigenvalue weighted by atomic mass is 19.1. The van der Waals surface area contributed by atoms with E-state index in [0.29, 0.717) is 19.0 Å². The van der Waals surface area contributed by atoms with Crippen LogP contribution in [0.3, 0.4) is 0 Å². The van der Waals surface area contributed by atoms with Crippen LogP contribution < -0.4 is 15.8 Å². The Morgan fingerprint density at radius 3 is 2.96 bits per heavy atom. The molecular weight excluding hydrogens is 297 g/mol. The number of para-hydroxylation sites is 1. The highest BCUT2D eigenvalue weighted by Crippen LogP contribution is 2.27. The molecule has 0 saturated heterocycles. The summed E-state index contributed by atoms with van der Waals surface area (Å²) in [4.78, 5) is 4.15. The molecule has 120 valence electrons. The molecule has 3 N–H and O–H groups in total. The largest absolute Gasteiger partial charge is 0.434 e. The maximum Gasteiger partial charge on any atom is 0.247 e. The van der Waals surface area contributed by atoms with Crippen LogP contribution in [0.15, 0.2) is 42.9 Å². The van der Waals surface area contributed by atoms with Crippen LogP contribution in [0.1, 0.15) is 12.0 Å². The van der Waals surface area contributed by atoms with Gasteiger partial charge in [-0.05, 0) is 43.3 Å². The predicted molar refractivity (Wildman–Crippen MR) is 84.8 cm³/mol. The fourth-order valence-corrected chi connectivity index (χ4v) is 2.29. The summed E-state index contributed by atoms with van der Waals surface area (Å²) in [5.41, 5.74) is 7.18. The summed E-state index contributed by atoms with van der Waals surface area (Å²) in [7, 11) is 0. The summed E-state index contributed by atoms with van der Waals surface area (Å²) >= 11 is 0. The minimum atomic E-state index is -0.432. The molecule has 0 unspecified atom stereocenters. The van der Waals surface area contributed by atoms with Gasteiger partial charge in [-0.15, -0.1) is 0 Å². The Kier molecular flexibility index (Phi) is 4.80. The maximum atomic E-state index is 13.8. The molecule has 0 saturated carbocycles. The number of nitrogens with one attached hydrogen (secondary N) is 1. The molecule has 7 heteroatoms. The number of hydrogen-bond donors (Lipinski definition) is 2. The number of benzene rings is 1. The van der Waals surface area contributed by atoms with Gasteiger partial charge >= 0.3 is 0 Å². The Morgan fingerprint density at radius 2 is 2.13 bits per heavy atom. The SMILES string of the molecule is NCCCNCc1ccn2ncnc(Oc3ccccc3F)c12. The summed E-state index contributed by atoms with van der Waals surface area (Å²) in [5.74, 6) is 0.0282. The fourth-order valence-electron chi connectivity index (χ4n) is 2.29. The van der Waals surface area contributed by atoms with Crippen molar-refractivity contribution in [2.75, 3.05) is 13.1 Å². The molecule has 2 heterocycles. The van der Waals surface area contributed by atoms with Gasteiger partial charge < -0.3 is 15.8 Å². The first-order valence-electron chi connectivity index (χ1n) is 7.44. The van der Waals surface area contributed by atoms with Gasteiger partial charge in [0.1, 0.15) is 11.8 Å². The number of nitrogens with zero attached hydrogens (tertiary/aromatic N) is 3. The predicted octanol–water partition coefficient (Wildman–Crippen LogP) is 2.10. The van der Waals surface area contributed by atoms with Crippen LogP contribution >= 0.6 is 0 Å². The van der Waals surface area contributed by atoms with Gasteiger partial charge in [0.05, 0.1) is 0 Å². The van der Waals surface area contributed by atoms with Gasteiger partial charge in [0.2, 0.25) is 5.88 Å². The average molecular weight is 315 g/mol. The molecule has 0 spiro atoms. The second-order valence-electron chi connectivity index (χ2n) is 5.05. The number of fused-ring (bicyclic) bond motifs is 1. The molecule has 23 heavy (non-hydrogen) atoms. The third-order valence-corrected chi connectivity index (χ3v) is 3.42. The lowest BCUT2D eigenvalue weighted by Gasteiger charge is -2.09. The minimum Gasteiger partial charge on any atom is -0.434 e. The Balaban J connectivity index is 1.88. The van der Waals surface area contributed by atoms with Crippen LogP contribution in [0.25, 0.3) is 5.52 Å². The van der Waals surface area contributed by atoms with Crippen LogP contribution in [-0.4, -0.2) is 27.7 Å². The van der Waals surface area contributed by atoms with Gasteiger partial charge in [-0.3, -0.25) is 0 Å². The molecule has 1 aromatic carbocycles. The number of aromatic nitrogens is 3. The maximum absolute atomic E-state index is 13.8. The summed E-state index contributed by atoms with van der Waals surface area (Å²) < 4.78 is 21.1. The standard InChI is InChI=1S/C16H18FN5O/c17-13-4-1-2-5-14(13)23-16-15-12(10-19-8-3-7-18)6-9-22(15)21-11-20-16/h1-2,4-6,9,11,19H,3,7-8,10,18H2. The van der Waals surface area contributed by atoms with Gasteiger partial charge in [-0.1, -0.05) is 12.1 Å².